The van der Waals surface area contributed by atoms with Crippen molar-refractivity contribution in [2.24, 2.45) is 5.92 Å². The summed E-state index contributed by atoms with van der Waals surface area (Å²) in [6.07, 6.45) is 6.58. The first kappa shape index (κ1) is 14.8. The van der Waals surface area contributed by atoms with Crippen LogP contribution in [0.25, 0.3) is 6.08 Å². The van der Waals surface area contributed by atoms with E-state index in [2.05, 4.69) is 38.1 Å². The molecule has 0 aliphatic carbocycles. The molecular formula is C16H24O2. The molecule has 0 fully saturated rings. The monoisotopic (exact) mass is 248 g/mol. The molecule has 0 heterocycles. The zero-order valence-corrected chi connectivity index (χ0v) is 11.9. The first-order valence-corrected chi connectivity index (χ1v) is 6.47. The Morgan fingerprint density at radius 1 is 1.28 bits per heavy atom. The first-order valence-electron chi connectivity index (χ1n) is 6.47. The number of allylic oxidation sites excluding steroid dienone is 1. The number of aryl methyl sites for hydroxylation is 1. The van der Waals surface area contributed by atoms with E-state index in [-0.39, 0.29) is 0 Å². The van der Waals surface area contributed by atoms with Gasteiger partial charge in [-0.1, -0.05) is 30.7 Å². The van der Waals surface area contributed by atoms with Crippen LogP contribution in [0.3, 0.4) is 0 Å². The molecule has 100 valence electrons. The van der Waals surface area contributed by atoms with Gasteiger partial charge in [-0.25, -0.2) is 0 Å². The van der Waals surface area contributed by atoms with Crippen molar-refractivity contribution in [1.82, 2.24) is 0 Å². The van der Waals surface area contributed by atoms with Crippen molar-refractivity contribution in [3.05, 3.63) is 35.4 Å². The lowest BCUT2D eigenvalue weighted by molar-refractivity contribution is 0.156. The average molecular weight is 248 g/mol. The topological polar surface area (TPSA) is 18.5 Å². The highest BCUT2D eigenvalue weighted by Gasteiger charge is 2.00. The zero-order valence-electron chi connectivity index (χ0n) is 11.9. The highest BCUT2D eigenvalue weighted by atomic mass is 16.5. The Bertz CT molecular complexity index is 383. The molecule has 0 aliphatic rings. The molecule has 0 aromatic heterocycles. The molecule has 0 radical (unpaired) electrons. The van der Waals surface area contributed by atoms with Crippen molar-refractivity contribution in [2.45, 2.75) is 26.7 Å². The SMILES string of the molecule is COC[C@H](C)CC/C=C/c1cc(C)ccc1OC. The zero-order chi connectivity index (χ0) is 13.4. The van der Waals surface area contributed by atoms with Gasteiger partial charge in [0.15, 0.2) is 0 Å². The number of hydrogen-bond acceptors (Lipinski definition) is 2. The number of methoxy groups -OCH3 is 2. The third-order valence-corrected chi connectivity index (χ3v) is 2.96. The van der Waals surface area contributed by atoms with Crippen molar-refractivity contribution >= 4 is 6.08 Å². The van der Waals surface area contributed by atoms with Crippen LogP contribution >= 0.6 is 0 Å². The quantitative estimate of drug-likeness (QED) is 0.724. The summed E-state index contributed by atoms with van der Waals surface area (Å²) in [5.74, 6) is 1.54. The van der Waals surface area contributed by atoms with Gasteiger partial charge in [0.25, 0.3) is 0 Å². The van der Waals surface area contributed by atoms with Crippen LogP contribution in [0, 0.1) is 12.8 Å². The summed E-state index contributed by atoms with van der Waals surface area (Å²) in [4.78, 5) is 0. The molecule has 0 bridgehead atoms. The van der Waals surface area contributed by atoms with Crippen LogP contribution in [-0.4, -0.2) is 20.8 Å². The number of ether oxygens (including phenoxy) is 2. The summed E-state index contributed by atoms with van der Waals surface area (Å²) >= 11 is 0. The van der Waals surface area contributed by atoms with Gasteiger partial charge in [-0.05, 0) is 37.8 Å². The Balaban J connectivity index is 2.53. The highest BCUT2D eigenvalue weighted by Crippen LogP contribution is 2.21. The molecular weight excluding hydrogens is 224 g/mol. The summed E-state index contributed by atoms with van der Waals surface area (Å²) in [5.41, 5.74) is 2.40. The van der Waals surface area contributed by atoms with Crippen molar-refractivity contribution in [2.75, 3.05) is 20.8 Å². The molecule has 0 amide bonds. The van der Waals surface area contributed by atoms with Gasteiger partial charge in [0.05, 0.1) is 7.11 Å². The predicted octanol–water partition coefficient (Wildman–Crippen LogP) is 4.08. The molecule has 0 saturated heterocycles. The van der Waals surface area contributed by atoms with Crippen molar-refractivity contribution in [3.8, 4) is 5.75 Å². The summed E-state index contributed by atoms with van der Waals surface area (Å²) in [6, 6.07) is 6.23. The normalized spacial score (nSPS) is 12.9. The molecule has 0 spiro atoms. The van der Waals surface area contributed by atoms with Gasteiger partial charge in [-0.3, -0.25) is 0 Å². The van der Waals surface area contributed by atoms with Gasteiger partial charge < -0.3 is 9.47 Å². The van der Waals surface area contributed by atoms with E-state index in [1.807, 2.05) is 6.07 Å². The molecule has 1 atom stereocenters. The molecule has 2 nitrogen and oxygen atoms in total. The van der Waals surface area contributed by atoms with E-state index in [0.717, 1.165) is 30.8 Å². The molecule has 2 heteroatoms. The number of rotatable bonds is 7. The van der Waals surface area contributed by atoms with Gasteiger partial charge in [0.1, 0.15) is 5.75 Å². The molecule has 0 aliphatic heterocycles. The second kappa shape index (κ2) is 7.93. The smallest absolute Gasteiger partial charge is 0.126 e. The van der Waals surface area contributed by atoms with Crippen molar-refractivity contribution < 1.29 is 9.47 Å². The third kappa shape index (κ3) is 4.92. The largest absolute Gasteiger partial charge is 0.496 e. The predicted molar refractivity (Wildman–Crippen MR) is 77.0 cm³/mol. The van der Waals surface area contributed by atoms with Gasteiger partial charge in [-0.2, -0.15) is 0 Å². The maximum atomic E-state index is 5.35. The molecule has 0 saturated carbocycles. The van der Waals surface area contributed by atoms with Crippen molar-refractivity contribution in [1.29, 1.82) is 0 Å². The Morgan fingerprint density at radius 3 is 2.72 bits per heavy atom. The molecule has 0 unspecified atom stereocenters. The van der Waals surface area contributed by atoms with E-state index in [1.165, 1.54) is 5.56 Å². The molecule has 1 aromatic rings. The minimum atomic E-state index is 0.610. The maximum Gasteiger partial charge on any atom is 0.126 e. The molecule has 1 aromatic carbocycles. The Labute approximate surface area is 111 Å². The van der Waals surface area contributed by atoms with E-state index in [1.54, 1.807) is 14.2 Å². The summed E-state index contributed by atoms with van der Waals surface area (Å²) < 4.78 is 10.5. The minimum Gasteiger partial charge on any atom is -0.496 e. The fourth-order valence-corrected chi connectivity index (χ4v) is 1.94. The lowest BCUT2D eigenvalue weighted by Crippen LogP contribution is -2.02. The van der Waals surface area contributed by atoms with E-state index in [4.69, 9.17) is 9.47 Å². The van der Waals surface area contributed by atoms with E-state index >= 15 is 0 Å². The van der Waals surface area contributed by atoms with Crippen LogP contribution in [0.1, 0.15) is 30.9 Å². The Kier molecular flexibility index (Phi) is 6.51. The lowest BCUT2D eigenvalue weighted by atomic mass is 10.1. The Morgan fingerprint density at radius 2 is 2.06 bits per heavy atom. The first-order chi connectivity index (χ1) is 8.67. The summed E-state index contributed by atoms with van der Waals surface area (Å²) in [5, 5.41) is 0. The third-order valence-electron chi connectivity index (χ3n) is 2.96. The van der Waals surface area contributed by atoms with Crippen LogP contribution in [0.15, 0.2) is 24.3 Å². The van der Waals surface area contributed by atoms with Gasteiger partial charge >= 0.3 is 0 Å². The second-order valence-corrected chi connectivity index (χ2v) is 4.79. The average Bonchev–Trinajstić information content (AvgIpc) is 2.35. The Hall–Kier alpha value is -1.28. The number of hydrogen-bond donors (Lipinski definition) is 0. The van der Waals surface area contributed by atoms with Gasteiger partial charge in [0.2, 0.25) is 0 Å². The number of benzene rings is 1. The van der Waals surface area contributed by atoms with Crippen LogP contribution in [0.4, 0.5) is 0 Å². The van der Waals surface area contributed by atoms with E-state index in [0.29, 0.717) is 5.92 Å². The van der Waals surface area contributed by atoms with E-state index < -0.39 is 0 Å². The molecule has 1 rings (SSSR count). The lowest BCUT2D eigenvalue weighted by Gasteiger charge is -2.08. The van der Waals surface area contributed by atoms with Crippen LogP contribution < -0.4 is 4.74 Å². The molecule has 0 N–H and O–H groups in total. The molecule has 18 heavy (non-hydrogen) atoms. The second-order valence-electron chi connectivity index (χ2n) is 4.79. The van der Waals surface area contributed by atoms with E-state index in [9.17, 15) is 0 Å². The van der Waals surface area contributed by atoms with Crippen LogP contribution in [-0.2, 0) is 4.74 Å². The minimum absolute atomic E-state index is 0.610. The van der Waals surface area contributed by atoms with Crippen molar-refractivity contribution in [3.63, 3.8) is 0 Å². The highest BCUT2D eigenvalue weighted by molar-refractivity contribution is 5.58. The van der Waals surface area contributed by atoms with Gasteiger partial charge in [0, 0.05) is 19.3 Å². The standard InChI is InChI=1S/C16H24O2/c1-13-9-10-16(18-4)15(11-13)8-6-5-7-14(2)12-17-3/h6,8-11,14H,5,7,12H2,1-4H3/b8-6+/t14-/m1/s1. The fourth-order valence-electron chi connectivity index (χ4n) is 1.94. The summed E-state index contributed by atoms with van der Waals surface area (Å²) in [7, 11) is 3.46. The fraction of sp³-hybridized carbons (Fsp3) is 0.500. The van der Waals surface area contributed by atoms with Crippen LogP contribution in [0.5, 0.6) is 5.75 Å². The summed E-state index contributed by atoms with van der Waals surface area (Å²) in [6.45, 7) is 5.14. The van der Waals surface area contributed by atoms with Crippen LogP contribution in [0.2, 0.25) is 0 Å². The maximum absolute atomic E-state index is 5.35. The van der Waals surface area contributed by atoms with Gasteiger partial charge in [-0.15, -0.1) is 0 Å².